The van der Waals surface area contributed by atoms with Gasteiger partial charge in [0, 0.05) is 10.5 Å². The number of carbonyl (C=O) groups is 2. The highest BCUT2D eigenvalue weighted by atomic mass is 79.9. The van der Waals surface area contributed by atoms with Crippen LogP contribution in [-0.4, -0.2) is 18.4 Å². The van der Waals surface area contributed by atoms with Gasteiger partial charge in [0.15, 0.2) is 6.61 Å². The third kappa shape index (κ3) is 6.06. The molecule has 0 saturated carbocycles. The predicted molar refractivity (Wildman–Crippen MR) is 96.4 cm³/mol. The number of rotatable bonds is 5. The second kappa shape index (κ2) is 9.10. The van der Waals surface area contributed by atoms with Crippen molar-refractivity contribution >= 4 is 45.4 Å². The van der Waals surface area contributed by atoms with Crippen LogP contribution in [0.3, 0.4) is 0 Å². The molecule has 0 spiro atoms. The molecule has 5 nitrogen and oxygen atoms in total. The average molecular weight is 410 g/mol. The third-order valence-electron chi connectivity index (χ3n) is 2.80. The summed E-state index contributed by atoms with van der Waals surface area (Å²) < 4.78 is 6.09. The van der Waals surface area contributed by atoms with E-state index in [2.05, 4.69) is 26.8 Å². The largest absolute Gasteiger partial charge is 0.482 e. The zero-order chi connectivity index (χ0) is 17.4. The van der Waals surface area contributed by atoms with Gasteiger partial charge in [0.25, 0.3) is 11.8 Å². The Morgan fingerprint density at radius 1 is 1.12 bits per heavy atom. The standard InChI is InChI=1S/C17H14BrClN2O3/c18-13-7-8-15(14(19)10-13)24-11-17(23)21-20-16(22)9-6-12-4-2-1-3-5-12/h1-10H,11H2,(H,20,22)(H,21,23). The molecule has 0 aliphatic heterocycles. The minimum Gasteiger partial charge on any atom is -0.482 e. The second-order valence-electron chi connectivity index (χ2n) is 4.64. The fourth-order valence-corrected chi connectivity index (χ4v) is 2.41. The lowest BCUT2D eigenvalue weighted by Gasteiger charge is -2.09. The number of carbonyl (C=O) groups excluding carboxylic acids is 2. The van der Waals surface area contributed by atoms with Gasteiger partial charge in [-0.1, -0.05) is 57.9 Å². The molecule has 0 aliphatic rings. The van der Waals surface area contributed by atoms with Crippen LogP contribution in [0.25, 0.3) is 6.08 Å². The normalized spacial score (nSPS) is 10.4. The van der Waals surface area contributed by atoms with Crippen LogP contribution in [-0.2, 0) is 9.59 Å². The molecule has 2 rings (SSSR count). The highest BCUT2D eigenvalue weighted by molar-refractivity contribution is 9.10. The topological polar surface area (TPSA) is 67.4 Å². The lowest BCUT2D eigenvalue weighted by molar-refractivity contribution is -0.128. The summed E-state index contributed by atoms with van der Waals surface area (Å²) in [4.78, 5) is 23.3. The van der Waals surface area contributed by atoms with Gasteiger partial charge < -0.3 is 4.74 Å². The summed E-state index contributed by atoms with van der Waals surface area (Å²) in [6.45, 7) is -0.274. The minimum atomic E-state index is -0.504. The molecule has 0 atom stereocenters. The molecule has 0 heterocycles. The number of amides is 2. The molecular weight excluding hydrogens is 396 g/mol. The number of hydrazine groups is 1. The van der Waals surface area contributed by atoms with Crippen LogP contribution in [0.15, 0.2) is 59.1 Å². The van der Waals surface area contributed by atoms with E-state index in [1.807, 2.05) is 30.3 Å². The number of ether oxygens (including phenoxy) is 1. The first-order valence-corrected chi connectivity index (χ1v) is 8.11. The van der Waals surface area contributed by atoms with Gasteiger partial charge in [-0.25, -0.2) is 0 Å². The molecule has 0 aliphatic carbocycles. The molecule has 0 bridgehead atoms. The lowest BCUT2D eigenvalue weighted by atomic mass is 10.2. The van der Waals surface area contributed by atoms with E-state index in [1.54, 1.807) is 24.3 Å². The number of halogens is 2. The summed E-state index contributed by atoms with van der Waals surface area (Å²) in [5, 5.41) is 0.381. The van der Waals surface area contributed by atoms with Crippen molar-refractivity contribution in [3.8, 4) is 5.75 Å². The van der Waals surface area contributed by atoms with Crippen molar-refractivity contribution in [1.29, 1.82) is 0 Å². The number of hydrogen-bond acceptors (Lipinski definition) is 3. The third-order valence-corrected chi connectivity index (χ3v) is 3.59. The van der Waals surface area contributed by atoms with Crippen LogP contribution in [0.5, 0.6) is 5.75 Å². The molecule has 124 valence electrons. The molecule has 0 saturated heterocycles. The maximum Gasteiger partial charge on any atom is 0.276 e. The van der Waals surface area contributed by atoms with Crippen LogP contribution in [0.2, 0.25) is 5.02 Å². The van der Waals surface area contributed by atoms with Gasteiger partial charge in [0.1, 0.15) is 5.75 Å². The van der Waals surface area contributed by atoms with E-state index in [9.17, 15) is 9.59 Å². The van der Waals surface area contributed by atoms with Gasteiger partial charge in [0.2, 0.25) is 0 Å². The maximum atomic E-state index is 11.6. The molecule has 2 aromatic rings. The first-order valence-electron chi connectivity index (χ1n) is 6.94. The van der Waals surface area contributed by atoms with Crippen molar-refractivity contribution in [2.45, 2.75) is 0 Å². The number of nitrogens with one attached hydrogen (secondary N) is 2. The molecule has 24 heavy (non-hydrogen) atoms. The highest BCUT2D eigenvalue weighted by Crippen LogP contribution is 2.27. The van der Waals surface area contributed by atoms with E-state index in [1.165, 1.54) is 6.08 Å². The number of hydrogen-bond donors (Lipinski definition) is 2. The number of benzene rings is 2. The monoisotopic (exact) mass is 408 g/mol. The van der Waals surface area contributed by atoms with Crippen LogP contribution < -0.4 is 15.6 Å². The molecule has 7 heteroatoms. The average Bonchev–Trinajstić information content (AvgIpc) is 2.58. The van der Waals surface area contributed by atoms with E-state index >= 15 is 0 Å². The first-order chi connectivity index (χ1) is 11.5. The second-order valence-corrected chi connectivity index (χ2v) is 5.97. The van der Waals surface area contributed by atoms with E-state index in [4.69, 9.17) is 16.3 Å². The lowest BCUT2D eigenvalue weighted by Crippen LogP contribution is -2.43. The van der Waals surface area contributed by atoms with Crippen molar-refractivity contribution in [3.05, 3.63) is 69.7 Å². The Hall–Kier alpha value is -2.31. The zero-order valence-corrected chi connectivity index (χ0v) is 14.8. The Balaban J connectivity index is 1.74. The van der Waals surface area contributed by atoms with Crippen molar-refractivity contribution in [2.24, 2.45) is 0 Å². The van der Waals surface area contributed by atoms with E-state index < -0.39 is 11.8 Å². The van der Waals surface area contributed by atoms with E-state index in [0.29, 0.717) is 10.8 Å². The van der Waals surface area contributed by atoms with Gasteiger partial charge >= 0.3 is 0 Å². The Morgan fingerprint density at radius 3 is 2.58 bits per heavy atom. The highest BCUT2D eigenvalue weighted by Gasteiger charge is 2.06. The van der Waals surface area contributed by atoms with Gasteiger partial charge in [0.05, 0.1) is 5.02 Å². The van der Waals surface area contributed by atoms with Gasteiger partial charge in [-0.3, -0.25) is 20.4 Å². The molecule has 0 aromatic heterocycles. The molecule has 0 unspecified atom stereocenters. The fourth-order valence-electron chi connectivity index (χ4n) is 1.68. The molecule has 0 fully saturated rings. The van der Waals surface area contributed by atoms with Crippen molar-refractivity contribution in [1.82, 2.24) is 10.9 Å². The maximum absolute atomic E-state index is 11.6. The molecular formula is C17H14BrClN2O3. The summed E-state index contributed by atoms with van der Waals surface area (Å²) in [6, 6.07) is 14.4. The SMILES string of the molecule is O=C(C=Cc1ccccc1)NNC(=O)COc1ccc(Br)cc1Cl. The van der Waals surface area contributed by atoms with E-state index in [0.717, 1.165) is 10.0 Å². The van der Waals surface area contributed by atoms with Crippen LogP contribution in [0, 0.1) is 0 Å². The fraction of sp³-hybridized carbons (Fsp3) is 0.0588. The van der Waals surface area contributed by atoms with Crippen molar-refractivity contribution in [2.75, 3.05) is 6.61 Å². The molecule has 2 N–H and O–H groups in total. The van der Waals surface area contributed by atoms with Crippen LogP contribution in [0.4, 0.5) is 0 Å². The summed E-state index contributed by atoms with van der Waals surface area (Å²) >= 11 is 9.25. The molecule has 2 amide bonds. The van der Waals surface area contributed by atoms with Crippen molar-refractivity contribution in [3.63, 3.8) is 0 Å². The summed E-state index contributed by atoms with van der Waals surface area (Å²) in [7, 11) is 0. The van der Waals surface area contributed by atoms with Gasteiger partial charge in [-0.15, -0.1) is 0 Å². The van der Waals surface area contributed by atoms with Crippen LogP contribution in [0.1, 0.15) is 5.56 Å². The quantitative estimate of drug-likeness (QED) is 0.588. The van der Waals surface area contributed by atoms with Gasteiger partial charge in [-0.2, -0.15) is 0 Å². The van der Waals surface area contributed by atoms with Crippen LogP contribution >= 0.6 is 27.5 Å². The van der Waals surface area contributed by atoms with E-state index in [-0.39, 0.29) is 6.61 Å². The summed E-state index contributed by atoms with van der Waals surface area (Å²) in [6.07, 6.45) is 2.96. The predicted octanol–water partition coefficient (Wildman–Crippen LogP) is 3.34. The Kier molecular flexibility index (Phi) is 6.84. The molecule has 0 radical (unpaired) electrons. The summed E-state index contributed by atoms with van der Waals surface area (Å²) in [5.41, 5.74) is 5.40. The van der Waals surface area contributed by atoms with Crippen molar-refractivity contribution < 1.29 is 14.3 Å². The van der Waals surface area contributed by atoms with Gasteiger partial charge in [-0.05, 0) is 29.8 Å². The first kappa shape index (κ1) is 18.0. The Bertz CT molecular complexity index is 751. The molecule has 2 aromatic carbocycles. The Labute approximate surface area is 152 Å². The zero-order valence-electron chi connectivity index (χ0n) is 12.5. The Morgan fingerprint density at radius 2 is 1.88 bits per heavy atom. The minimum absolute atomic E-state index is 0.274. The summed E-state index contributed by atoms with van der Waals surface area (Å²) in [5.74, 6) is -0.574. The smallest absolute Gasteiger partial charge is 0.276 e.